The van der Waals surface area contributed by atoms with Crippen LogP contribution in [0.2, 0.25) is 0 Å². The molecular formula is C21H23FN4O4. The van der Waals surface area contributed by atoms with Gasteiger partial charge in [0.1, 0.15) is 12.5 Å². The van der Waals surface area contributed by atoms with Gasteiger partial charge in [-0.05, 0) is 30.7 Å². The molecule has 0 atom stereocenters. The molecule has 158 valence electrons. The number of anilines is 3. The summed E-state index contributed by atoms with van der Waals surface area (Å²) in [6.07, 6.45) is -0.0441. The summed E-state index contributed by atoms with van der Waals surface area (Å²) in [5.41, 5.74) is 1.31. The average Bonchev–Trinajstić information content (AvgIpc) is 2.87. The summed E-state index contributed by atoms with van der Waals surface area (Å²) in [5, 5.41) is 6.31. The number of ether oxygens (including phenoxy) is 1. The number of halogens is 1. The van der Waals surface area contributed by atoms with Crippen LogP contribution in [0.15, 0.2) is 53.7 Å². The molecular weight excluding hydrogens is 391 g/mol. The normalized spacial score (nSPS) is 15.0. The second-order valence-corrected chi connectivity index (χ2v) is 6.52. The molecule has 1 aliphatic rings. The van der Waals surface area contributed by atoms with Crippen molar-refractivity contribution in [2.24, 2.45) is 5.16 Å². The molecule has 0 radical (unpaired) electrons. The van der Waals surface area contributed by atoms with Crippen LogP contribution in [0.3, 0.4) is 0 Å². The zero-order valence-corrected chi connectivity index (χ0v) is 16.8. The molecule has 1 aliphatic heterocycles. The Kier molecular flexibility index (Phi) is 6.97. The highest BCUT2D eigenvalue weighted by Crippen LogP contribution is 2.37. The molecule has 9 heteroatoms. The van der Waals surface area contributed by atoms with Crippen LogP contribution < -0.4 is 15.1 Å². The third-order valence-electron chi connectivity index (χ3n) is 4.42. The zero-order chi connectivity index (χ0) is 21.5. The van der Waals surface area contributed by atoms with Gasteiger partial charge in [-0.2, -0.15) is 0 Å². The van der Waals surface area contributed by atoms with E-state index in [0.717, 1.165) is 6.42 Å². The molecule has 30 heavy (non-hydrogen) atoms. The lowest BCUT2D eigenvalue weighted by Crippen LogP contribution is -2.39. The number of rotatable bonds is 6. The molecule has 1 N–H and O–H groups in total. The molecule has 0 bridgehead atoms. The first-order valence-electron chi connectivity index (χ1n) is 9.50. The first kappa shape index (κ1) is 21.3. The van der Waals surface area contributed by atoms with Crippen LogP contribution in [0, 0.1) is 5.82 Å². The van der Waals surface area contributed by atoms with Gasteiger partial charge >= 0.3 is 6.09 Å². The number of fused-ring (bicyclic) bond motifs is 1. The monoisotopic (exact) mass is 414 g/mol. The molecule has 1 heterocycles. The lowest BCUT2D eigenvalue weighted by atomic mass is 10.2. The first-order valence-corrected chi connectivity index (χ1v) is 9.50. The summed E-state index contributed by atoms with van der Waals surface area (Å²) >= 11 is 0. The maximum absolute atomic E-state index is 14.6. The lowest BCUT2D eigenvalue weighted by molar-refractivity contribution is -0.113. The van der Waals surface area contributed by atoms with Crippen molar-refractivity contribution in [3.05, 3.63) is 54.3 Å². The SMILES string of the molecule is CCCNC(=O)ON=C1CN(c2ccccc2F)c2ccccc2N(COC)C1=O. The first-order chi connectivity index (χ1) is 14.6. The number of carbonyl (C=O) groups excluding carboxylic acids is 2. The summed E-state index contributed by atoms with van der Waals surface area (Å²) < 4.78 is 19.8. The van der Waals surface area contributed by atoms with Gasteiger partial charge in [-0.3, -0.25) is 14.5 Å². The van der Waals surface area contributed by atoms with Crippen LogP contribution in [0.1, 0.15) is 13.3 Å². The standard InChI is InChI=1S/C21H23FN4O4/c1-3-12-23-21(28)30-24-16-13-25(17-9-5-4-8-15(17)22)18-10-6-7-11-19(18)26(14-29-2)20(16)27/h4-11H,3,12-14H2,1-2H3,(H,23,28). The smallest absolute Gasteiger partial charge is 0.364 e. The third kappa shape index (κ3) is 4.57. The van der Waals surface area contributed by atoms with Crippen molar-refractivity contribution in [1.29, 1.82) is 0 Å². The van der Waals surface area contributed by atoms with E-state index in [1.165, 1.54) is 18.1 Å². The minimum absolute atomic E-state index is 0.0536. The Balaban J connectivity index is 2.05. The maximum Gasteiger partial charge on any atom is 0.433 e. The van der Waals surface area contributed by atoms with Crippen LogP contribution >= 0.6 is 0 Å². The van der Waals surface area contributed by atoms with Crippen LogP contribution in [-0.4, -0.2) is 44.6 Å². The highest BCUT2D eigenvalue weighted by molar-refractivity contribution is 6.46. The Morgan fingerprint density at radius 2 is 1.80 bits per heavy atom. The van der Waals surface area contributed by atoms with Crippen LogP contribution in [-0.2, 0) is 14.4 Å². The number of hydrogen-bond acceptors (Lipinski definition) is 6. The van der Waals surface area contributed by atoms with E-state index in [-0.39, 0.29) is 24.7 Å². The maximum atomic E-state index is 14.6. The molecule has 0 fully saturated rings. The van der Waals surface area contributed by atoms with Gasteiger partial charge in [0.15, 0.2) is 5.71 Å². The predicted octanol–water partition coefficient (Wildman–Crippen LogP) is 3.41. The number of methoxy groups -OCH3 is 1. The molecule has 0 saturated heterocycles. The third-order valence-corrected chi connectivity index (χ3v) is 4.42. The minimum Gasteiger partial charge on any atom is -0.364 e. The molecule has 2 amide bonds. The highest BCUT2D eigenvalue weighted by atomic mass is 19.1. The number of nitrogens with zero attached hydrogens (tertiary/aromatic N) is 3. The fraction of sp³-hybridized carbons (Fsp3) is 0.286. The van der Waals surface area contributed by atoms with Gasteiger partial charge in [0.2, 0.25) is 0 Å². The van der Waals surface area contributed by atoms with Crippen molar-refractivity contribution < 1.29 is 23.6 Å². The van der Waals surface area contributed by atoms with Gasteiger partial charge in [0.25, 0.3) is 5.91 Å². The number of para-hydroxylation sites is 3. The number of carbonyl (C=O) groups is 2. The van der Waals surface area contributed by atoms with Gasteiger partial charge in [-0.15, -0.1) is 0 Å². The van der Waals surface area contributed by atoms with E-state index in [0.29, 0.717) is 17.9 Å². The number of oxime groups is 1. The van der Waals surface area contributed by atoms with Crippen molar-refractivity contribution in [2.45, 2.75) is 13.3 Å². The molecule has 0 aromatic heterocycles. The summed E-state index contributed by atoms with van der Waals surface area (Å²) in [6, 6.07) is 13.3. The average molecular weight is 414 g/mol. The van der Waals surface area contributed by atoms with Crippen molar-refractivity contribution in [2.75, 3.05) is 36.7 Å². The summed E-state index contributed by atoms with van der Waals surface area (Å²) in [7, 11) is 1.46. The van der Waals surface area contributed by atoms with E-state index in [9.17, 15) is 14.0 Å². The van der Waals surface area contributed by atoms with E-state index in [1.807, 2.05) is 6.92 Å². The molecule has 0 saturated carbocycles. The van der Waals surface area contributed by atoms with E-state index in [1.54, 1.807) is 47.4 Å². The second kappa shape index (κ2) is 9.84. The van der Waals surface area contributed by atoms with E-state index < -0.39 is 17.8 Å². The van der Waals surface area contributed by atoms with Crippen molar-refractivity contribution >= 4 is 34.8 Å². The number of hydrogen-bond donors (Lipinski definition) is 1. The highest BCUT2D eigenvalue weighted by Gasteiger charge is 2.33. The number of nitrogens with one attached hydrogen (secondary N) is 1. The fourth-order valence-electron chi connectivity index (χ4n) is 3.06. The van der Waals surface area contributed by atoms with Crippen LogP contribution in [0.5, 0.6) is 0 Å². The van der Waals surface area contributed by atoms with Gasteiger partial charge in [-0.25, -0.2) is 9.18 Å². The Morgan fingerprint density at radius 3 is 2.47 bits per heavy atom. The minimum atomic E-state index is -0.769. The predicted molar refractivity (Wildman–Crippen MR) is 111 cm³/mol. The Hall–Kier alpha value is -3.46. The van der Waals surface area contributed by atoms with Crippen LogP contribution in [0.4, 0.5) is 26.2 Å². The Morgan fingerprint density at radius 1 is 1.13 bits per heavy atom. The topological polar surface area (TPSA) is 83.5 Å². The van der Waals surface area contributed by atoms with Gasteiger partial charge in [-0.1, -0.05) is 36.3 Å². The molecule has 0 aliphatic carbocycles. The van der Waals surface area contributed by atoms with E-state index in [2.05, 4.69) is 10.5 Å². The molecule has 8 nitrogen and oxygen atoms in total. The van der Waals surface area contributed by atoms with E-state index in [4.69, 9.17) is 9.57 Å². The largest absolute Gasteiger partial charge is 0.433 e. The fourth-order valence-corrected chi connectivity index (χ4v) is 3.06. The molecule has 3 rings (SSSR count). The molecule has 0 unspecified atom stereocenters. The van der Waals surface area contributed by atoms with Gasteiger partial charge in [0.05, 0.1) is 23.6 Å². The Labute approximate surface area is 173 Å². The summed E-state index contributed by atoms with van der Waals surface area (Å²) in [4.78, 5) is 32.8. The molecule has 0 spiro atoms. The van der Waals surface area contributed by atoms with E-state index >= 15 is 0 Å². The summed E-state index contributed by atoms with van der Waals surface area (Å²) in [5.74, 6) is -0.965. The summed E-state index contributed by atoms with van der Waals surface area (Å²) in [6.45, 7) is 2.16. The second-order valence-electron chi connectivity index (χ2n) is 6.52. The van der Waals surface area contributed by atoms with Crippen molar-refractivity contribution in [3.8, 4) is 0 Å². The van der Waals surface area contributed by atoms with Crippen LogP contribution in [0.25, 0.3) is 0 Å². The number of benzene rings is 2. The number of amides is 2. The zero-order valence-electron chi connectivity index (χ0n) is 16.8. The quantitative estimate of drug-likeness (QED) is 0.579. The Bertz CT molecular complexity index is 950. The van der Waals surface area contributed by atoms with Gasteiger partial charge < -0.3 is 15.0 Å². The molecule has 2 aromatic carbocycles. The van der Waals surface area contributed by atoms with Crippen molar-refractivity contribution in [1.82, 2.24) is 5.32 Å². The lowest BCUT2D eigenvalue weighted by Gasteiger charge is -2.26. The van der Waals surface area contributed by atoms with Crippen molar-refractivity contribution in [3.63, 3.8) is 0 Å². The van der Waals surface area contributed by atoms with Gasteiger partial charge in [0, 0.05) is 13.7 Å². The molecule has 2 aromatic rings.